The van der Waals surface area contributed by atoms with Gasteiger partial charge in [-0.15, -0.1) is 0 Å². The molecule has 236 valence electrons. The van der Waals surface area contributed by atoms with E-state index < -0.39 is 6.04 Å². The second-order valence-electron chi connectivity index (χ2n) is 11.7. The Morgan fingerprint density at radius 2 is 1.93 bits per heavy atom. The van der Waals surface area contributed by atoms with Crippen LogP contribution >= 0.6 is 11.6 Å². The quantitative estimate of drug-likeness (QED) is 0.416. The number of nitrogens with zero attached hydrogens (tertiary/aromatic N) is 4. The number of imidazole rings is 1. The maximum absolute atomic E-state index is 13.0. The highest BCUT2D eigenvalue weighted by Gasteiger charge is 2.39. The molecular weight excluding hydrogens is 580 g/mol. The lowest BCUT2D eigenvalue weighted by molar-refractivity contribution is -0.125. The number of ether oxygens (including phenoxy) is 2. The number of rotatable bonds is 9. The fourth-order valence-corrected chi connectivity index (χ4v) is 6.80. The van der Waals surface area contributed by atoms with Gasteiger partial charge in [0.25, 0.3) is 0 Å². The van der Waals surface area contributed by atoms with Crippen LogP contribution in [-0.4, -0.2) is 83.4 Å². The molecule has 11 heteroatoms. The molecule has 2 aromatic rings. The second kappa shape index (κ2) is 14.5. The van der Waals surface area contributed by atoms with Crippen molar-refractivity contribution in [1.29, 1.82) is 0 Å². The standard InChI is InChI=1S/C33H43ClN6O4/c1-5-36-30-22(2)17-27(31(37-29(41)20-43-4)28-19-35-21-38(28)3)26-18-23(34)11-12-25(26)32(30)39-13-15-40(16-14-39)33(42)44-24-9-7-6-8-10-24/h5,11-12,17-19,21,24,30-32,36H,1-2,6-10,13-16,20H2,3-4H3,(H,37,41). The number of amides is 2. The molecule has 2 N–H and O–H groups in total. The summed E-state index contributed by atoms with van der Waals surface area (Å²) in [6.45, 7) is 10.8. The number of hydrogen-bond donors (Lipinski definition) is 2. The lowest BCUT2D eigenvalue weighted by Gasteiger charge is -2.42. The minimum atomic E-state index is -0.548. The number of aromatic nitrogens is 2. The fourth-order valence-electron chi connectivity index (χ4n) is 6.63. The summed E-state index contributed by atoms with van der Waals surface area (Å²) in [6.07, 6.45) is 12.3. The number of carbonyl (C=O) groups excluding carboxylic acids is 2. The number of hydrogen-bond acceptors (Lipinski definition) is 7. The molecule has 1 saturated carbocycles. The number of nitrogens with one attached hydrogen (secondary N) is 2. The van der Waals surface area contributed by atoms with Crippen molar-refractivity contribution in [3.05, 3.63) is 83.6 Å². The van der Waals surface area contributed by atoms with Crippen LogP contribution in [0.4, 0.5) is 4.79 Å². The van der Waals surface area contributed by atoms with Crippen molar-refractivity contribution >= 4 is 29.2 Å². The lowest BCUT2D eigenvalue weighted by atomic mass is 9.89. The van der Waals surface area contributed by atoms with Gasteiger partial charge in [0.2, 0.25) is 5.91 Å². The van der Waals surface area contributed by atoms with Crippen LogP contribution in [0.3, 0.4) is 0 Å². The summed E-state index contributed by atoms with van der Waals surface area (Å²) in [4.78, 5) is 34.5. The molecule has 1 aliphatic heterocycles. The Morgan fingerprint density at radius 3 is 2.59 bits per heavy atom. The van der Waals surface area contributed by atoms with E-state index in [1.54, 1.807) is 18.7 Å². The third-order valence-electron chi connectivity index (χ3n) is 8.83. The Hall–Kier alpha value is -3.60. The Bertz CT molecular complexity index is 1390. The molecule has 5 rings (SSSR count). The summed E-state index contributed by atoms with van der Waals surface area (Å²) in [5.74, 6) is -0.258. The Kier molecular flexibility index (Phi) is 10.5. The van der Waals surface area contributed by atoms with E-state index in [0.717, 1.165) is 53.7 Å². The van der Waals surface area contributed by atoms with Crippen LogP contribution < -0.4 is 10.6 Å². The van der Waals surface area contributed by atoms with E-state index in [4.69, 9.17) is 21.1 Å². The topological polar surface area (TPSA) is 101 Å². The van der Waals surface area contributed by atoms with Crippen LogP contribution in [0.25, 0.3) is 5.57 Å². The van der Waals surface area contributed by atoms with Gasteiger partial charge in [-0.05, 0) is 66.3 Å². The first-order valence-corrected chi connectivity index (χ1v) is 15.7. The zero-order valence-electron chi connectivity index (χ0n) is 25.6. The molecule has 2 heterocycles. The molecule has 3 unspecified atom stereocenters. The summed E-state index contributed by atoms with van der Waals surface area (Å²) >= 11 is 6.63. The van der Waals surface area contributed by atoms with Gasteiger partial charge in [-0.2, -0.15) is 0 Å². The van der Waals surface area contributed by atoms with Crippen LogP contribution in [0.1, 0.15) is 61.0 Å². The summed E-state index contributed by atoms with van der Waals surface area (Å²) in [5, 5.41) is 7.17. The summed E-state index contributed by atoms with van der Waals surface area (Å²) in [7, 11) is 3.39. The van der Waals surface area contributed by atoms with Crippen molar-refractivity contribution in [3.63, 3.8) is 0 Å². The van der Waals surface area contributed by atoms with Gasteiger partial charge in [0, 0.05) is 45.4 Å². The zero-order valence-corrected chi connectivity index (χ0v) is 26.4. The Labute approximate surface area is 264 Å². The number of methoxy groups -OCH3 is 1. The maximum atomic E-state index is 13.0. The smallest absolute Gasteiger partial charge is 0.410 e. The van der Waals surface area contributed by atoms with Gasteiger partial charge in [0.05, 0.1) is 36.3 Å². The van der Waals surface area contributed by atoms with Crippen LogP contribution in [-0.2, 0) is 21.3 Å². The normalized spacial score (nSPS) is 21.9. The SMILES string of the molecule is C=CNC1C(=C)C=C(C(NC(=O)COC)c2cncn2C)c2cc(Cl)ccc2C1N1CCN(C(=O)OC2CCCCC2)CC1. The molecule has 0 radical (unpaired) electrons. The van der Waals surface area contributed by atoms with Crippen LogP contribution in [0.15, 0.2) is 61.7 Å². The van der Waals surface area contributed by atoms with Crippen LogP contribution in [0.5, 0.6) is 0 Å². The second-order valence-corrected chi connectivity index (χ2v) is 12.2. The number of aryl methyl sites for hydroxylation is 1. The van der Waals surface area contributed by atoms with E-state index >= 15 is 0 Å². The highest BCUT2D eigenvalue weighted by Crippen LogP contribution is 2.43. The van der Waals surface area contributed by atoms with Crippen LogP contribution in [0.2, 0.25) is 5.02 Å². The lowest BCUT2D eigenvalue weighted by Crippen LogP contribution is -2.53. The summed E-state index contributed by atoms with van der Waals surface area (Å²) in [6, 6.07) is 4.96. The minimum Gasteiger partial charge on any atom is -0.446 e. The number of fused-ring (bicyclic) bond motifs is 1. The van der Waals surface area contributed by atoms with Gasteiger partial charge >= 0.3 is 6.09 Å². The average molecular weight is 623 g/mol. The molecule has 2 amide bonds. The maximum Gasteiger partial charge on any atom is 0.410 e. The van der Waals surface area contributed by atoms with Crippen molar-refractivity contribution in [2.75, 3.05) is 39.9 Å². The van der Waals surface area contributed by atoms with Gasteiger partial charge in [0.15, 0.2) is 0 Å². The van der Waals surface area contributed by atoms with E-state index in [1.165, 1.54) is 13.5 Å². The highest BCUT2D eigenvalue weighted by atomic mass is 35.5. The van der Waals surface area contributed by atoms with Gasteiger partial charge in [0.1, 0.15) is 12.7 Å². The fraction of sp³-hybridized carbons (Fsp3) is 0.485. The van der Waals surface area contributed by atoms with Gasteiger partial charge < -0.3 is 29.6 Å². The molecule has 0 spiro atoms. The van der Waals surface area contributed by atoms with Crippen molar-refractivity contribution in [2.45, 2.75) is 56.3 Å². The molecule has 44 heavy (non-hydrogen) atoms. The van der Waals surface area contributed by atoms with E-state index in [0.29, 0.717) is 31.2 Å². The number of piperazine rings is 1. The third-order valence-corrected chi connectivity index (χ3v) is 9.06. The van der Waals surface area contributed by atoms with Crippen molar-refractivity contribution < 1.29 is 19.1 Å². The van der Waals surface area contributed by atoms with Crippen molar-refractivity contribution in [3.8, 4) is 0 Å². The van der Waals surface area contributed by atoms with E-state index in [1.807, 2.05) is 40.8 Å². The minimum absolute atomic E-state index is 0.0264. The molecule has 10 nitrogen and oxygen atoms in total. The van der Waals surface area contributed by atoms with Crippen molar-refractivity contribution in [1.82, 2.24) is 30.0 Å². The van der Waals surface area contributed by atoms with Gasteiger partial charge in [-0.25, -0.2) is 9.78 Å². The van der Waals surface area contributed by atoms with Gasteiger partial charge in [-0.1, -0.05) is 43.3 Å². The molecule has 1 aromatic carbocycles. The first-order chi connectivity index (χ1) is 21.3. The molecule has 1 saturated heterocycles. The Morgan fingerprint density at radius 1 is 1.18 bits per heavy atom. The predicted octanol–water partition coefficient (Wildman–Crippen LogP) is 4.76. The number of benzene rings is 1. The Balaban J connectivity index is 1.48. The van der Waals surface area contributed by atoms with Crippen LogP contribution in [0, 0.1) is 0 Å². The molecule has 0 bridgehead atoms. The predicted molar refractivity (Wildman–Crippen MR) is 171 cm³/mol. The highest BCUT2D eigenvalue weighted by molar-refractivity contribution is 6.30. The monoisotopic (exact) mass is 622 g/mol. The number of halogens is 1. The molecule has 3 aliphatic rings. The summed E-state index contributed by atoms with van der Waals surface area (Å²) in [5.41, 5.74) is 4.40. The molecular formula is C33H43ClN6O4. The summed E-state index contributed by atoms with van der Waals surface area (Å²) < 4.78 is 12.9. The molecule has 1 aromatic heterocycles. The molecule has 2 aliphatic carbocycles. The van der Waals surface area contributed by atoms with Crippen molar-refractivity contribution in [2.24, 2.45) is 7.05 Å². The average Bonchev–Trinajstić information content (AvgIpc) is 3.40. The van der Waals surface area contributed by atoms with E-state index in [9.17, 15) is 9.59 Å². The van der Waals surface area contributed by atoms with E-state index in [-0.39, 0.29) is 36.8 Å². The van der Waals surface area contributed by atoms with E-state index in [2.05, 4.69) is 33.7 Å². The first kappa shape index (κ1) is 31.8. The van der Waals surface area contributed by atoms with Gasteiger partial charge in [-0.3, -0.25) is 9.69 Å². The number of carbonyl (C=O) groups is 2. The molecule has 3 atom stereocenters. The molecule has 2 fully saturated rings. The third kappa shape index (κ3) is 7.03. The largest absolute Gasteiger partial charge is 0.446 e. The zero-order chi connectivity index (χ0) is 31.2. The first-order valence-electron chi connectivity index (χ1n) is 15.3.